The summed E-state index contributed by atoms with van der Waals surface area (Å²) in [6.45, 7) is 2.40. The second-order valence-corrected chi connectivity index (χ2v) is 9.72. The topological polar surface area (TPSA) is 93.9 Å². The molecule has 3 fully saturated rings. The average molecular weight is 471 g/mol. The van der Waals surface area contributed by atoms with Gasteiger partial charge in [0.15, 0.2) is 11.6 Å². The summed E-state index contributed by atoms with van der Waals surface area (Å²) < 4.78 is 15.4. The van der Waals surface area contributed by atoms with Crippen molar-refractivity contribution < 1.29 is 19.1 Å². The van der Waals surface area contributed by atoms with Crippen molar-refractivity contribution in [1.29, 1.82) is 0 Å². The largest absolute Gasteiger partial charge is 0.505 e. The Balaban J connectivity index is 1.22. The van der Waals surface area contributed by atoms with Crippen LogP contribution < -0.4 is 5.32 Å². The molecule has 2 aromatic rings. The molecule has 1 saturated carbocycles. The summed E-state index contributed by atoms with van der Waals surface area (Å²) in [6.07, 6.45) is 3.75. The minimum Gasteiger partial charge on any atom is -0.505 e. The molecule has 1 aromatic heterocycles. The first-order chi connectivity index (χ1) is 16.3. The van der Waals surface area contributed by atoms with Gasteiger partial charge in [-0.1, -0.05) is 6.07 Å². The minimum absolute atomic E-state index is 0.0328. The van der Waals surface area contributed by atoms with E-state index >= 15 is 0 Å². The van der Waals surface area contributed by atoms with Crippen LogP contribution in [0.3, 0.4) is 0 Å². The van der Waals surface area contributed by atoms with Crippen molar-refractivity contribution in [1.82, 2.24) is 24.5 Å². The zero-order valence-corrected chi connectivity index (χ0v) is 19.6. The number of hydrogen-bond acceptors (Lipinski definition) is 5. The molecule has 0 spiro atoms. The molecule has 3 aliphatic rings. The Bertz CT molecular complexity index is 1090. The van der Waals surface area contributed by atoms with Gasteiger partial charge < -0.3 is 20.2 Å². The van der Waals surface area contributed by atoms with E-state index in [1.54, 1.807) is 27.6 Å². The van der Waals surface area contributed by atoms with Crippen LogP contribution in [0.1, 0.15) is 42.9 Å². The molecule has 0 bridgehead atoms. The number of phenolic OH excluding ortho intramolecular Hbond substituents is 1. The number of nitrogens with one attached hydrogen (secondary N) is 1. The van der Waals surface area contributed by atoms with E-state index in [-0.39, 0.29) is 23.7 Å². The van der Waals surface area contributed by atoms with E-state index in [0.717, 1.165) is 50.0 Å². The number of likely N-dealkylation sites (tertiary alicyclic amines) is 1. The molecular weight excluding hydrogens is 439 g/mol. The number of phenols is 1. The molecule has 182 valence electrons. The molecule has 0 radical (unpaired) electrons. The number of benzene rings is 1. The predicted molar refractivity (Wildman–Crippen MR) is 124 cm³/mol. The van der Waals surface area contributed by atoms with E-state index in [9.17, 15) is 19.1 Å². The highest BCUT2D eigenvalue weighted by Crippen LogP contribution is 2.40. The maximum absolute atomic E-state index is 13.7. The van der Waals surface area contributed by atoms with E-state index in [4.69, 9.17) is 0 Å². The number of carbonyl (C=O) groups excluding carboxylic acids is 2. The lowest BCUT2D eigenvalue weighted by Crippen LogP contribution is -2.52. The number of anilines is 1. The number of rotatable bonds is 6. The number of likely N-dealkylation sites (N-methyl/N-ethyl adjacent to an activating group) is 1. The standard InChI is InChI=1S/C24H31FN6O3/c1-28-14-20(23(33)26-22-12-19(16-4-5-16)27-29(22)2)31(24(28)34)17-7-9-30(10-8-17)13-15-3-6-21(32)18(25)11-15/h3,6,11-12,16-17,20,32H,4-5,7-10,13-14H2,1-2H3,(H,26,33)/t20-/m1/s1. The van der Waals surface area contributed by atoms with Crippen molar-refractivity contribution in [2.45, 2.75) is 50.2 Å². The van der Waals surface area contributed by atoms with E-state index < -0.39 is 11.9 Å². The zero-order valence-electron chi connectivity index (χ0n) is 19.6. The minimum atomic E-state index is -0.621. The van der Waals surface area contributed by atoms with Gasteiger partial charge in [-0.05, 0) is 43.4 Å². The van der Waals surface area contributed by atoms with Crippen LogP contribution in [-0.2, 0) is 18.4 Å². The Morgan fingerprint density at radius 3 is 2.59 bits per heavy atom. The number of halogens is 1. The monoisotopic (exact) mass is 470 g/mol. The van der Waals surface area contributed by atoms with Crippen LogP contribution in [0.5, 0.6) is 5.75 Å². The first kappa shape index (κ1) is 22.6. The molecule has 3 amide bonds. The summed E-state index contributed by atoms with van der Waals surface area (Å²) in [6, 6.07) is 5.67. The van der Waals surface area contributed by atoms with Gasteiger partial charge in [0.1, 0.15) is 11.9 Å². The number of nitrogens with zero attached hydrogens (tertiary/aromatic N) is 5. The number of aryl methyl sites for hydroxylation is 1. The molecule has 1 aliphatic carbocycles. The fourth-order valence-electron chi connectivity index (χ4n) is 5.03. The first-order valence-electron chi connectivity index (χ1n) is 11.9. The smallest absolute Gasteiger partial charge is 0.320 e. The lowest BCUT2D eigenvalue weighted by atomic mass is 10.0. The van der Waals surface area contributed by atoms with Crippen LogP contribution >= 0.6 is 0 Å². The fourth-order valence-corrected chi connectivity index (χ4v) is 5.03. The Morgan fingerprint density at radius 1 is 1.18 bits per heavy atom. The molecule has 1 atom stereocenters. The Hall–Kier alpha value is -3.14. The van der Waals surface area contributed by atoms with Gasteiger partial charge in [-0.15, -0.1) is 0 Å². The molecule has 34 heavy (non-hydrogen) atoms. The number of urea groups is 1. The summed E-state index contributed by atoms with van der Waals surface area (Å²) in [5.41, 5.74) is 1.81. The number of piperidine rings is 1. The third kappa shape index (κ3) is 4.46. The van der Waals surface area contributed by atoms with Gasteiger partial charge in [0.25, 0.3) is 0 Å². The van der Waals surface area contributed by atoms with Crippen molar-refractivity contribution in [2.75, 3.05) is 32.0 Å². The molecule has 10 heteroatoms. The van der Waals surface area contributed by atoms with Gasteiger partial charge in [-0.25, -0.2) is 9.18 Å². The highest BCUT2D eigenvalue weighted by Gasteiger charge is 2.44. The summed E-state index contributed by atoms with van der Waals surface area (Å²) in [4.78, 5) is 31.7. The third-order valence-corrected chi connectivity index (χ3v) is 7.15. The maximum atomic E-state index is 13.7. The molecular formula is C24H31FN6O3. The lowest BCUT2D eigenvalue weighted by Gasteiger charge is -2.38. The van der Waals surface area contributed by atoms with Crippen molar-refractivity contribution in [3.05, 3.63) is 41.3 Å². The average Bonchev–Trinajstić information content (AvgIpc) is 3.54. The molecule has 5 rings (SSSR count). The van der Waals surface area contributed by atoms with Crippen LogP contribution in [0.25, 0.3) is 0 Å². The van der Waals surface area contributed by atoms with Gasteiger partial charge in [-0.3, -0.25) is 14.4 Å². The summed E-state index contributed by atoms with van der Waals surface area (Å²) in [5.74, 6) is -0.00594. The van der Waals surface area contributed by atoms with Gasteiger partial charge in [-0.2, -0.15) is 5.10 Å². The molecule has 2 N–H and O–H groups in total. The fraction of sp³-hybridized carbons (Fsp3) is 0.542. The molecule has 2 aliphatic heterocycles. The van der Waals surface area contributed by atoms with Crippen LogP contribution in [0.15, 0.2) is 24.3 Å². The number of amides is 3. The van der Waals surface area contributed by atoms with Crippen molar-refractivity contribution in [2.24, 2.45) is 7.05 Å². The normalized spacial score (nSPS) is 22.0. The van der Waals surface area contributed by atoms with Crippen LogP contribution in [-0.4, -0.2) is 80.3 Å². The lowest BCUT2D eigenvalue weighted by molar-refractivity contribution is -0.120. The second-order valence-electron chi connectivity index (χ2n) is 9.72. The maximum Gasteiger partial charge on any atom is 0.320 e. The van der Waals surface area contributed by atoms with Crippen LogP contribution in [0.4, 0.5) is 15.0 Å². The van der Waals surface area contributed by atoms with Crippen molar-refractivity contribution in [3.8, 4) is 5.75 Å². The SMILES string of the molecule is CN1C[C@H](C(=O)Nc2cc(C3CC3)nn2C)N(C2CCN(Cc3ccc(O)c(F)c3)CC2)C1=O. The number of carbonyl (C=O) groups is 2. The zero-order chi connectivity index (χ0) is 24.0. The van der Waals surface area contributed by atoms with Gasteiger partial charge in [0.05, 0.1) is 12.2 Å². The first-order valence-corrected chi connectivity index (χ1v) is 11.9. The van der Waals surface area contributed by atoms with Gasteiger partial charge >= 0.3 is 6.03 Å². The number of hydrogen-bond donors (Lipinski definition) is 2. The highest BCUT2D eigenvalue weighted by atomic mass is 19.1. The Kier molecular flexibility index (Phi) is 5.93. The summed E-state index contributed by atoms with van der Waals surface area (Å²) in [5, 5.41) is 16.9. The van der Waals surface area contributed by atoms with Crippen molar-refractivity contribution >= 4 is 17.8 Å². The predicted octanol–water partition coefficient (Wildman–Crippen LogP) is 2.48. The highest BCUT2D eigenvalue weighted by molar-refractivity contribution is 5.98. The molecule has 2 saturated heterocycles. The van der Waals surface area contributed by atoms with E-state index in [1.807, 2.05) is 13.1 Å². The quantitative estimate of drug-likeness (QED) is 0.677. The van der Waals surface area contributed by atoms with E-state index in [1.165, 1.54) is 12.1 Å². The Morgan fingerprint density at radius 2 is 1.91 bits per heavy atom. The molecule has 1 aromatic carbocycles. The molecule has 0 unspecified atom stereocenters. The summed E-state index contributed by atoms with van der Waals surface area (Å²) in [7, 11) is 3.55. The molecule has 9 nitrogen and oxygen atoms in total. The van der Waals surface area contributed by atoms with E-state index in [0.29, 0.717) is 24.8 Å². The van der Waals surface area contributed by atoms with Crippen LogP contribution in [0.2, 0.25) is 0 Å². The van der Waals surface area contributed by atoms with Gasteiger partial charge in [0, 0.05) is 51.8 Å². The summed E-state index contributed by atoms with van der Waals surface area (Å²) >= 11 is 0. The number of aromatic hydroxyl groups is 1. The number of aromatic nitrogens is 2. The van der Waals surface area contributed by atoms with E-state index in [2.05, 4.69) is 15.3 Å². The van der Waals surface area contributed by atoms with Gasteiger partial charge in [0.2, 0.25) is 5.91 Å². The third-order valence-electron chi connectivity index (χ3n) is 7.15. The Labute approximate surface area is 198 Å². The van der Waals surface area contributed by atoms with Crippen molar-refractivity contribution in [3.63, 3.8) is 0 Å². The molecule has 3 heterocycles. The second kappa shape index (κ2) is 8.90. The van der Waals surface area contributed by atoms with Crippen LogP contribution in [0, 0.1) is 5.82 Å².